The van der Waals surface area contributed by atoms with E-state index in [0.29, 0.717) is 0 Å². The van der Waals surface area contributed by atoms with Gasteiger partial charge in [-0.25, -0.2) is 0 Å². The van der Waals surface area contributed by atoms with Crippen molar-refractivity contribution in [1.29, 1.82) is 0 Å². The van der Waals surface area contributed by atoms with Crippen molar-refractivity contribution in [3.8, 4) is 0 Å². The normalized spacial score (nSPS) is 15.5. The average Bonchev–Trinajstić information content (AvgIpc) is 2.62. The van der Waals surface area contributed by atoms with Gasteiger partial charge in [0.25, 0.3) is 5.91 Å². The molecule has 1 amide bonds. The van der Waals surface area contributed by atoms with E-state index in [1.807, 2.05) is 53.4 Å². The Bertz CT molecular complexity index is 680. The van der Waals surface area contributed by atoms with Gasteiger partial charge in [-0.2, -0.15) is 0 Å². The smallest absolute Gasteiger partial charge is 0.253 e. The van der Waals surface area contributed by atoms with Crippen LogP contribution < -0.4 is 5.73 Å². The number of benzene rings is 2. The number of carbonyl (C=O) groups is 1. The quantitative estimate of drug-likeness (QED) is 0.831. The van der Waals surface area contributed by atoms with Gasteiger partial charge in [0.1, 0.15) is 0 Å². The first-order chi connectivity index (χ1) is 11.6. The summed E-state index contributed by atoms with van der Waals surface area (Å²) >= 11 is 7.65. The zero-order valence-corrected chi connectivity index (χ0v) is 15.0. The summed E-state index contributed by atoms with van der Waals surface area (Å²) in [7, 11) is 0. The molecule has 1 aliphatic heterocycles. The highest BCUT2D eigenvalue weighted by Gasteiger charge is 2.21. The lowest BCUT2D eigenvalue weighted by Gasteiger charge is -2.30. The molecule has 3 rings (SSSR count). The number of halogens is 1. The number of rotatable bonds is 4. The molecule has 0 radical (unpaired) electrons. The van der Waals surface area contributed by atoms with Gasteiger partial charge in [0, 0.05) is 40.4 Å². The molecule has 2 aromatic rings. The highest BCUT2D eigenvalue weighted by Crippen LogP contribution is 2.24. The molecule has 1 fully saturated rings. The average molecular weight is 361 g/mol. The van der Waals surface area contributed by atoms with E-state index in [9.17, 15) is 4.79 Å². The van der Waals surface area contributed by atoms with Crippen LogP contribution in [0.2, 0.25) is 5.02 Å². The van der Waals surface area contributed by atoms with Crippen molar-refractivity contribution in [2.45, 2.75) is 29.5 Å². The summed E-state index contributed by atoms with van der Waals surface area (Å²) in [6.07, 6.45) is 1.78. The summed E-state index contributed by atoms with van der Waals surface area (Å²) in [5.41, 5.74) is 7.85. The van der Waals surface area contributed by atoms with E-state index >= 15 is 0 Å². The van der Waals surface area contributed by atoms with Crippen molar-refractivity contribution in [1.82, 2.24) is 4.90 Å². The molecule has 24 heavy (non-hydrogen) atoms. The second-order valence-corrected chi connectivity index (χ2v) is 7.55. The van der Waals surface area contributed by atoms with Crippen molar-refractivity contribution in [3.63, 3.8) is 0 Å². The lowest BCUT2D eigenvalue weighted by atomic mass is 10.0. The summed E-state index contributed by atoms with van der Waals surface area (Å²) < 4.78 is 0. The second kappa shape index (κ2) is 8.06. The fraction of sp³-hybridized carbons (Fsp3) is 0.316. The number of amides is 1. The van der Waals surface area contributed by atoms with Crippen LogP contribution in [0.5, 0.6) is 0 Å². The third kappa shape index (κ3) is 4.53. The maximum atomic E-state index is 12.5. The molecule has 1 aliphatic rings. The molecular formula is C19H21ClN2OS. The Kier molecular flexibility index (Phi) is 5.82. The van der Waals surface area contributed by atoms with E-state index in [4.69, 9.17) is 17.3 Å². The fourth-order valence-electron chi connectivity index (χ4n) is 2.73. The minimum absolute atomic E-state index is 0.110. The van der Waals surface area contributed by atoms with Crippen LogP contribution in [0, 0.1) is 0 Å². The van der Waals surface area contributed by atoms with Crippen LogP contribution in [0.3, 0.4) is 0 Å². The lowest BCUT2D eigenvalue weighted by Crippen LogP contribution is -2.42. The fourth-order valence-corrected chi connectivity index (χ4v) is 3.71. The van der Waals surface area contributed by atoms with E-state index in [2.05, 4.69) is 0 Å². The first-order valence-electron chi connectivity index (χ1n) is 8.14. The molecule has 3 nitrogen and oxygen atoms in total. The van der Waals surface area contributed by atoms with Gasteiger partial charge in [-0.3, -0.25) is 4.79 Å². The second-order valence-electron chi connectivity index (χ2n) is 6.07. The van der Waals surface area contributed by atoms with E-state index in [-0.39, 0.29) is 11.9 Å². The molecule has 0 aliphatic carbocycles. The SMILES string of the molecule is NC1CCN(C(=O)c2ccc(CSc3ccc(Cl)cc3)cc2)CC1. The van der Waals surface area contributed by atoms with Crippen LogP contribution in [0.1, 0.15) is 28.8 Å². The van der Waals surface area contributed by atoms with Gasteiger partial charge >= 0.3 is 0 Å². The van der Waals surface area contributed by atoms with Crippen molar-refractivity contribution in [2.75, 3.05) is 13.1 Å². The minimum Gasteiger partial charge on any atom is -0.339 e. The van der Waals surface area contributed by atoms with E-state index in [1.54, 1.807) is 11.8 Å². The molecule has 0 saturated carbocycles. The molecule has 2 aromatic carbocycles. The number of hydrogen-bond donors (Lipinski definition) is 1. The Morgan fingerprint density at radius 2 is 1.71 bits per heavy atom. The monoisotopic (exact) mass is 360 g/mol. The predicted molar refractivity (Wildman–Crippen MR) is 101 cm³/mol. The van der Waals surface area contributed by atoms with Crippen LogP contribution in [-0.4, -0.2) is 29.9 Å². The maximum absolute atomic E-state index is 12.5. The van der Waals surface area contributed by atoms with Crippen LogP contribution in [0.25, 0.3) is 0 Å². The van der Waals surface area contributed by atoms with Gasteiger partial charge in [-0.05, 0) is 54.8 Å². The number of hydrogen-bond acceptors (Lipinski definition) is 3. The Morgan fingerprint density at radius 3 is 2.33 bits per heavy atom. The summed E-state index contributed by atoms with van der Waals surface area (Å²) in [6.45, 7) is 1.52. The third-order valence-corrected chi connectivity index (χ3v) is 5.58. The zero-order valence-electron chi connectivity index (χ0n) is 13.5. The van der Waals surface area contributed by atoms with E-state index in [1.165, 1.54) is 10.5 Å². The molecule has 0 aromatic heterocycles. The van der Waals surface area contributed by atoms with Crippen LogP contribution in [0.4, 0.5) is 0 Å². The molecule has 0 unspecified atom stereocenters. The van der Waals surface area contributed by atoms with E-state index < -0.39 is 0 Å². The molecular weight excluding hydrogens is 340 g/mol. The highest BCUT2D eigenvalue weighted by atomic mass is 35.5. The molecule has 1 heterocycles. The van der Waals surface area contributed by atoms with Crippen LogP contribution in [-0.2, 0) is 5.75 Å². The van der Waals surface area contributed by atoms with Gasteiger partial charge in [-0.1, -0.05) is 23.7 Å². The first-order valence-corrected chi connectivity index (χ1v) is 9.50. The highest BCUT2D eigenvalue weighted by molar-refractivity contribution is 7.98. The van der Waals surface area contributed by atoms with Gasteiger partial charge in [-0.15, -0.1) is 11.8 Å². The van der Waals surface area contributed by atoms with Crippen LogP contribution in [0.15, 0.2) is 53.4 Å². The maximum Gasteiger partial charge on any atom is 0.253 e. The Balaban J connectivity index is 1.56. The van der Waals surface area contributed by atoms with Gasteiger partial charge in [0.15, 0.2) is 0 Å². The largest absolute Gasteiger partial charge is 0.339 e. The number of nitrogens with two attached hydrogens (primary N) is 1. The summed E-state index contributed by atoms with van der Waals surface area (Å²) in [6, 6.07) is 16.0. The Hall–Kier alpha value is -1.49. The van der Waals surface area contributed by atoms with Gasteiger partial charge < -0.3 is 10.6 Å². The Labute approximate surface area is 152 Å². The number of piperidine rings is 1. The number of carbonyl (C=O) groups excluding carboxylic acids is 1. The molecule has 2 N–H and O–H groups in total. The lowest BCUT2D eigenvalue weighted by molar-refractivity contribution is 0.0715. The summed E-state index contributed by atoms with van der Waals surface area (Å²) in [5.74, 6) is 0.980. The zero-order chi connectivity index (χ0) is 16.9. The minimum atomic E-state index is 0.110. The standard InChI is InChI=1S/C19H21ClN2OS/c20-16-5-7-18(8-6-16)24-13-14-1-3-15(4-2-14)19(23)22-11-9-17(21)10-12-22/h1-8,17H,9-13,21H2. The number of thioether (sulfide) groups is 1. The van der Waals surface area contributed by atoms with Crippen molar-refractivity contribution < 1.29 is 4.79 Å². The topological polar surface area (TPSA) is 46.3 Å². The molecule has 126 valence electrons. The van der Waals surface area contributed by atoms with Crippen molar-refractivity contribution >= 4 is 29.3 Å². The Morgan fingerprint density at radius 1 is 1.08 bits per heavy atom. The summed E-state index contributed by atoms with van der Waals surface area (Å²) in [5, 5.41) is 0.751. The number of nitrogens with zero attached hydrogens (tertiary/aromatic N) is 1. The number of likely N-dealkylation sites (tertiary alicyclic amines) is 1. The third-order valence-electron chi connectivity index (χ3n) is 4.25. The molecule has 5 heteroatoms. The predicted octanol–water partition coefficient (Wildman–Crippen LogP) is 4.20. The van der Waals surface area contributed by atoms with Gasteiger partial charge in [0.2, 0.25) is 0 Å². The van der Waals surface area contributed by atoms with Gasteiger partial charge in [0.05, 0.1) is 0 Å². The molecule has 0 bridgehead atoms. The van der Waals surface area contributed by atoms with Crippen LogP contribution >= 0.6 is 23.4 Å². The molecule has 0 atom stereocenters. The molecule has 1 saturated heterocycles. The first kappa shape index (κ1) is 17.3. The van der Waals surface area contributed by atoms with Crippen molar-refractivity contribution in [2.24, 2.45) is 5.73 Å². The molecule has 0 spiro atoms. The summed E-state index contributed by atoms with van der Waals surface area (Å²) in [4.78, 5) is 15.6. The van der Waals surface area contributed by atoms with Crippen molar-refractivity contribution in [3.05, 3.63) is 64.7 Å². The van der Waals surface area contributed by atoms with E-state index in [0.717, 1.165) is 42.3 Å².